The van der Waals surface area contributed by atoms with Gasteiger partial charge in [-0.3, -0.25) is 4.79 Å². The van der Waals surface area contributed by atoms with E-state index in [1.165, 1.54) is 0 Å². The number of fused-ring (bicyclic) bond motifs is 1. The Bertz CT molecular complexity index is 828. The molecule has 0 saturated carbocycles. The molecule has 0 aliphatic rings. The fourth-order valence-electron chi connectivity index (χ4n) is 2.22. The zero-order valence-corrected chi connectivity index (χ0v) is 12.2. The minimum atomic E-state index is 0.00759. The van der Waals surface area contributed by atoms with Crippen molar-refractivity contribution in [3.63, 3.8) is 0 Å². The first kappa shape index (κ1) is 14.0. The summed E-state index contributed by atoms with van der Waals surface area (Å²) in [4.78, 5) is 19.6. The molecule has 2 aromatic carbocycles. The van der Waals surface area contributed by atoms with Crippen molar-refractivity contribution in [3.8, 4) is 11.1 Å². The normalized spacial score (nSPS) is 10.6. The SMILES string of the molecule is CCC(=O)Nc1ccc(-c2ccc3nc(N)ncc3c2)cc1. The molecule has 5 heteroatoms. The molecule has 3 N–H and O–H groups in total. The van der Waals surface area contributed by atoms with E-state index in [0.29, 0.717) is 6.42 Å². The Morgan fingerprint density at radius 1 is 1.14 bits per heavy atom. The average Bonchev–Trinajstić information content (AvgIpc) is 2.55. The highest BCUT2D eigenvalue weighted by molar-refractivity contribution is 5.91. The molecule has 3 rings (SSSR count). The van der Waals surface area contributed by atoms with Crippen LogP contribution in [0.3, 0.4) is 0 Å². The van der Waals surface area contributed by atoms with Gasteiger partial charge in [0.25, 0.3) is 0 Å². The molecule has 0 radical (unpaired) electrons. The Morgan fingerprint density at radius 2 is 1.86 bits per heavy atom. The van der Waals surface area contributed by atoms with Crippen LogP contribution in [0.25, 0.3) is 22.0 Å². The van der Waals surface area contributed by atoms with Gasteiger partial charge in [0.15, 0.2) is 0 Å². The molecule has 0 aliphatic heterocycles. The second-order valence-electron chi connectivity index (χ2n) is 4.98. The van der Waals surface area contributed by atoms with Crippen LogP contribution in [0.4, 0.5) is 11.6 Å². The number of hydrogen-bond acceptors (Lipinski definition) is 4. The quantitative estimate of drug-likeness (QED) is 0.776. The van der Waals surface area contributed by atoms with Crippen molar-refractivity contribution < 1.29 is 4.79 Å². The summed E-state index contributed by atoms with van der Waals surface area (Å²) < 4.78 is 0. The van der Waals surface area contributed by atoms with Crippen molar-refractivity contribution >= 4 is 28.4 Å². The Morgan fingerprint density at radius 3 is 2.59 bits per heavy atom. The van der Waals surface area contributed by atoms with Gasteiger partial charge in [-0.1, -0.05) is 25.1 Å². The summed E-state index contributed by atoms with van der Waals surface area (Å²) in [5, 5.41) is 3.77. The van der Waals surface area contributed by atoms with E-state index in [0.717, 1.165) is 27.7 Å². The van der Waals surface area contributed by atoms with Gasteiger partial charge in [0.05, 0.1) is 5.52 Å². The predicted octanol–water partition coefficient (Wildman–Crippen LogP) is 3.23. The molecular formula is C17H16N4O. The number of rotatable bonds is 3. The van der Waals surface area contributed by atoms with E-state index in [-0.39, 0.29) is 11.9 Å². The first-order valence-corrected chi connectivity index (χ1v) is 7.08. The van der Waals surface area contributed by atoms with Gasteiger partial charge in [-0.05, 0) is 35.4 Å². The highest BCUT2D eigenvalue weighted by Crippen LogP contribution is 2.25. The van der Waals surface area contributed by atoms with Crippen molar-refractivity contribution in [1.29, 1.82) is 0 Å². The lowest BCUT2D eigenvalue weighted by atomic mass is 10.0. The standard InChI is InChI=1S/C17H16N4O/c1-2-16(22)20-14-6-3-11(4-7-14)12-5-8-15-13(9-12)10-19-17(18)21-15/h3-10H,2H2,1H3,(H,20,22)(H2,18,19,21). The molecule has 0 bridgehead atoms. The first-order chi connectivity index (χ1) is 10.7. The molecule has 0 saturated heterocycles. The van der Waals surface area contributed by atoms with Crippen LogP contribution in [0.1, 0.15) is 13.3 Å². The number of nitrogen functional groups attached to an aromatic ring is 1. The van der Waals surface area contributed by atoms with Gasteiger partial charge in [-0.15, -0.1) is 0 Å². The van der Waals surface area contributed by atoms with E-state index in [2.05, 4.69) is 15.3 Å². The van der Waals surface area contributed by atoms with Crippen molar-refractivity contribution in [2.75, 3.05) is 11.1 Å². The number of nitrogens with zero attached hydrogens (tertiary/aromatic N) is 2. The zero-order valence-electron chi connectivity index (χ0n) is 12.2. The van der Waals surface area contributed by atoms with E-state index >= 15 is 0 Å². The van der Waals surface area contributed by atoms with Crippen molar-refractivity contribution in [2.45, 2.75) is 13.3 Å². The number of benzene rings is 2. The average molecular weight is 292 g/mol. The van der Waals surface area contributed by atoms with Gasteiger partial charge in [0.2, 0.25) is 11.9 Å². The van der Waals surface area contributed by atoms with Gasteiger partial charge in [-0.2, -0.15) is 0 Å². The largest absolute Gasteiger partial charge is 0.368 e. The van der Waals surface area contributed by atoms with Crippen LogP contribution in [-0.4, -0.2) is 15.9 Å². The van der Waals surface area contributed by atoms with Crippen molar-refractivity contribution in [3.05, 3.63) is 48.7 Å². The third-order valence-corrected chi connectivity index (χ3v) is 3.42. The summed E-state index contributed by atoms with van der Waals surface area (Å²) in [6.07, 6.45) is 2.19. The van der Waals surface area contributed by atoms with E-state index < -0.39 is 0 Å². The molecule has 0 atom stereocenters. The molecule has 0 fully saturated rings. The van der Waals surface area contributed by atoms with Gasteiger partial charge in [0.1, 0.15) is 0 Å². The lowest BCUT2D eigenvalue weighted by Gasteiger charge is -2.07. The molecule has 5 nitrogen and oxygen atoms in total. The highest BCUT2D eigenvalue weighted by Gasteiger charge is 2.03. The van der Waals surface area contributed by atoms with Gasteiger partial charge < -0.3 is 11.1 Å². The number of carbonyl (C=O) groups excluding carboxylic acids is 1. The van der Waals surface area contributed by atoms with E-state index in [4.69, 9.17) is 5.73 Å². The van der Waals surface area contributed by atoms with Crippen LogP contribution in [0.15, 0.2) is 48.7 Å². The van der Waals surface area contributed by atoms with Gasteiger partial charge in [0, 0.05) is 23.7 Å². The van der Waals surface area contributed by atoms with Crippen LogP contribution >= 0.6 is 0 Å². The van der Waals surface area contributed by atoms with E-state index in [1.54, 1.807) is 6.20 Å². The fraction of sp³-hybridized carbons (Fsp3) is 0.118. The number of hydrogen-bond donors (Lipinski definition) is 2. The lowest BCUT2D eigenvalue weighted by Crippen LogP contribution is -2.08. The fourth-order valence-corrected chi connectivity index (χ4v) is 2.22. The zero-order chi connectivity index (χ0) is 15.5. The molecule has 1 amide bonds. The summed E-state index contributed by atoms with van der Waals surface area (Å²) in [7, 11) is 0. The molecule has 110 valence electrons. The Hall–Kier alpha value is -2.95. The number of amides is 1. The number of aromatic nitrogens is 2. The Kier molecular flexibility index (Phi) is 3.70. The summed E-state index contributed by atoms with van der Waals surface area (Å²) in [6.45, 7) is 1.83. The Labute approximate surface area is 128 Å². The smallest absolute Gasteiger partial charge is 0.224 e. The third-order valence-electron chi connectivity index (χ3n) is 3.42. The second-order valence-corrected chi connectivity index (χ2v) is 4.98. The molecule has 0 spiro atoms. The maximum Gasteiger partial charge on any atom is 0.224 e. The summed E-state index contributed by atoms with van der Waals surface area (Å²) in [5.41, 5.74) is 9.33. The lowest BCUT2D eigenvalue weighted by molar-refractivity contribution is -0.115. The van der Waals surface area contributed by atoms with Crippen LogP contribution < -0.4 is 11.1 Å². The van der Waals surface area contributed by atoms with Crippen molar-refractivity contribution in [2.24, 2.45) is 0 Å². The molecule has 1 aromatic heterocycles. The predicted molar refractivity (Wildman–Crippen MR) is 88.3 cm³/mol. The molecule has 1 heterocycles. The minimum absolute atomic E-state index is 0.00759. The van der Waals surface area contributed by atoms with Crippen LogP contribution in [0, 0.1) is 0 Å². The number of nitrogens with one attached hydrogen (secondary N) is 1. The molecule has 3 aromatic rings. The van der Waals surface area contributed by atoms with Gasteiger partial charge in [-0.25, -0.2) is 9.97 Å². The number of carbonyl (C=O) groups is 1. The second kappa shape index (κ2) is 5.81. The highest BCUT2D eigenvalue weighted by atomic mass is 16.1. The summed E-state index contributed by atoms with van der Waals surface area (Å²) >= 11 is 0. The van der Waals surface area contributed by atoms with Gasteiger partial charge >= 0.3 is 0 Å². The molecule has 0 aliphatic carbocycles. The van der Waals surface area contributed by atoms with E-state index in [1.807, 2.05) is 49.4 Å². The molecule has 0 unspecified atom stereocenters. The Balaban J connectivity index is 1.90. The van der Waals surface area contributed by atoms with E-state index in [9.17, 15) is 4.79 Å². The molecule has 22 heavy (non-hydrogen) atoms. The topological polar surface area (TPSA) is 80.9 Å². The van der Waals surface area contributed by atoms with Crippen LogP contribution in [0.5, 0.6) is 0 Å². The summed E-state index contributed by atoms with van der Waals surface area (Å²) in [6, 6.07) is 13.7. The maximum atomic E-state index is 11.4. The van der Waals surface area contributed by atoms with Crippen molar-refractivity contribution in [1.82, 2.24) is 9.97 Å². The first-order valence-electron chi connectivity index (χ1n) is 7.08. The van der Waals surface area contributed by atoms with Crippen LogP contribution in [-0.2, 0) is 4.79 Å². The maximum absolute atomic E-state index is 11.4. The number of anilines is 2. The molecular weight excluding hydrogens is 276 g/mol. The number of nitrogens with two attached hydrogens (primary N) is 1. The monoisotopic (exact) mass is 292 g/mol. The van der Waals surface area contributed by atoms with Crippen LogP contribution in [0.2, 0.25) is 0 Å². The third kappa shape index (κ3) is 2.88. The minimum Gasteiger partial charge on any atom is -0.368 e. The summed E-state index contributed by atoms with van der Waals surface area (Å²) in [5.74, 6) is 0.282.